The summed E-state index contributed by atoms with van der Waals surface area (Å²) in [6.07, 6.45) is 5.44. The third-order valence-electron chi connectivity index (χ3n) is 4.28. The Bertz CT molecular complexity index is 320. The van der Waals surface area contributed by atoms with Gasteiger partial charge in [-0.2, -0.15) is 0 Å². The number of nitrogens with one attached hydrogen (secondary N) is 1. The molecule has 0 amide bonds. The average molecular weight is 231 g/mol. The molecular formula is C16H25N. The van der Waals surface area contributed by atoms with E-state index in [4.69, 9.17) is 0 Å². The number of hydrogen-bond donors (Lipinski definition) is 1. The zero-order chi connectivity index (χ0) is 12.1. The lowest BCUT2D eigenvalue weighted by molar-refractivity contribution is 0.365. The SMILES string of the molecule is CCC(NCC1CCCC1C)c1ccccc1. The van der Waals surface area contributed by atoms with Gasteiger partial charge in [0.25, 0.3) is 0 Å². The van der Waals surface area contributed by atoms with Crippen LogP contribution in [0.3, 0.4) is 0 Å². The molecule has 2 rings (SSSR count). The molecular weight excluding hydrogens is 206 g/mol. The highest BCUT2D eigenvalue weighted by molar-refractivity contribution is 5.18. The fraction of sp³-hybridized carbons (Fsp3) is 0.625. The molecule has 1 aromatic rings. The molecule has 3 atom stereocenters. The highest BCUT2D eigenvalue weighted by Gasteiger charge is 2.23. The molecule has 0 bridgehead atoms. The molecule has 0 aliphatic heterocycles. The first-order valence-electron chi connectivity index (χ1n) is 7.09. The molecule has 0 saturated heterocycles. The molecule has 1 aliphatic carbocycles. The summed E-state index contributed by atoms with van der Waals surface area (Å²) in [5.41, 5.74) is 1.43. The van der Waals surface area contributed by atoms with Crippen LogP contribution in [0.5, 0.6) is 0 Å². The van der Waals surface area contributed by atoms with Crippen molar-refractivity contribution in [1.29, 1.82) is 0 Å². The summed E-state index contributed by atoms with van der Waals surface area (Å²) in [6.45, 7) is 5.86. The summed E-state index contributed by atoms with van der Waals surface area (Å²) < 4.78 is 0. The largest absolute Gasteiger partial charge is 0.310 e. The first-order valence-corrected chi connectivity index (χ1v) is 7.09. The van der Waals surface area contributed by atoms with E-state index in [9.17, 15) is 0 Å². The molecule has 1 aliphatic rings. The second-order valence-corrected chi connectivity index (χ2v) is 5.45. The van der Waals surface area contributed by atoms with E-state index >= 15 is 0 Å². The second kappa shape index (κ2) is 6.20. The normalized spacial score (nSPS) is 26.0. The maximum Gasteiger partial charge on any atom is 0.0317 e. The molecule has 1 aromatic carbocycles. The fourth-order valence-corrected chi connectivity index (χ4v) is 3.00. The van der Waals surface area contributed by atoms with Crippen LogP contribution in [0.4, 0.5) is 0 Å². The van der Waals surface area contributed by atoms with E-state index in [2.05, 4.69) is 49.5 Å². The smallest absolute Gasteiger partial charge is 0.0317 e. The topological polar surface area (TPSA) is 12.0 Å². The van der Waals surface area contributed by atoms with Crippen molar-refractivity contribution in [2.24, 2.45) is 11.8 Å². The van der Waals surface area contributed by atoms with Gasteiger partial charge in [0.2, 0.25) is 0 Å². The van der Waals surface area contributed by atoms with Gasteiger partial charge in [0.1, 0.15) is 0 Å². The lowest BCUT2D eigenvalue weighted by Gasteiger charge is -2.22. The minimum atomic E-state index is 0.531. The molecule has 3 unspecified atom stereocenters. The summed E-state index contributed by atoms with van der Waals surface area (Å²) in [6, 6.07) is 11.4. The zero-order valence-corrected chi connectivity index (χ0v) is 11.2. The zero-order valence-electron chi connectivity index (χ0n) is 11.2. The van der Waals surface area contributed by atoms with Gasteiger partial charge in [-0.1, -0.05) is 57.0 Å². The van der Waals surface area contributed by atoms with Gasteiger partial charge in [-0.25, -0.2) is 0 Å². The van der Waals surface area contributed by atoms with E-state index in [1.807, 2.05) is 0 Å². The predicted octanol–water partition coefficient (Wildman–Crippen LogP) is 4.16. The van der Waals surface area contributed by atoms with Gasteiger partial charge in [0, 0.05) is 6.04 Å². The Labute approximate surface area is 106 Å². The van der Waals surface area contributed by atoms with Crippen molar-refractivity contribution in [3.63, 3.8) is 0 Å². The maximum atomic E-state index is 3.76. The van der Waals surface area contributed by atoms with Gasteiger partial charge in [-0.3, -0.25) is 0 Å². The van der Waals surface area contributed by atoms with Crippen molar-refractivity contribution in [3.05, 3.63) is 35.9 Å². The van der Waals surface area contributed by atoms with Crippen LogP contribution in [0.25, 0.3) is 0 Å². The van der Waals surface area contributed by atoms with Crippen LogP contribution in [-0.2, 0) is 0 Å². The minimum Gasteiger partial charge on any atom is -0.310 e. The third kappa shape index (κ3) is 3.32. The summed E-state index contributed by atoms with van der Waals surface area (Å²) >= 11 is 0. The standard InChI is InChI=1S/C16H25N/c1-3-16(14-9-5-4-6-10-14)17-12-15-11-7-8-13(15)2/h4-6,9-10,13,15-17H,3,7-8,11-12H2,1-2H3. The van der Waals surface area contributed by atoms with Gasteiger partial charge in [-0.05, 0) is 36.8 Å². The summed E-state index contributed by atoms with van der Waals surface area (Å²) in [7, 11) is 0. The molecule has 0 radical (unpaired) electrons. The average Bonchev–Trinajstić information content (AvgIpc) is 2.77. The first-order chi connectivity index (χ1) is 8.31. The number of hydrogen-bond acceptors (Lipinski definition) is 1. The highest BCUT2D eigenvalue weighted by atomic mass is 14.9. The summed E-state index contributed by atoms with van der Waals surface area (Å²) in [5, 5.41) is 3.76. The van der Waals surface area contributed by atoms with Crippen LogP contribution in [0.15, 0.2) is 30.3 Å². The van der Waals surface area contributed by atoms with Crippen LogP contribution in [0.2, 0.25) is 0 Å². The van der Waals surface area contributed by atoms with Crippen LogP contribution >= 0.6 is 0 Å². The lowest BCUT2D eigenvalue weighted by Crippen LogP contribution is -2.28. The Kier molecular flexibility index (Phi) is 4.61. The number of benzene rings is 1. The van der Waals surface area contributed by atoms with Crippen molar-refractivity contribution in [2.75, 3.05) is 6.54 Å². The summed E-state index contributed by atoms with van der Waals surface area (Å²) in [5.74, 6) is 1.81. The Morgan fingerprint density at radius 1 is 1.24 bits per heavy atom. The van der Waals surface area contributed by atoms with E-state index in [1.54, 1.807) is 0 Å². The number of rotatable bonds is 5. The first kappa shape index (κ1) is 12.6. The van der Waals surface area contributed by atoms with Crippen LogP contribution in [0.1, 0.15) is 51.1 Å². The van der Waals surface area contributed by atoms with E-state index in [0.717, 1.165) is 11.8 Å². The van der Waals surface area contributed by atoms with Crippen molar-refractivity contribution in [1.82, 2.24) is 5.32 Å². The van der Waals surface area contributed by atoms with Gasteiger partial charge in [0.15, 0.2) is 0 Å². The Morgan fingerprint density at radius 2 is 2.00 bits per heavy atom. The Morgan fingerprint density at radius 3 is 2.59 bits per heavy atom. The lowest BCUT2D eigenvalue weighted by atomic mass is 9.97. The van der Waals surface area contributed by atoms with Crippen LogP contribution < -0.4 is 5.32 Å². The van der Waals surface area contributed by atoms with Crippen molar-refractivity contribution < 1.29 is 0 Å². The van der Waals surface area contributed by atoms with Crippen LogP contribution in [0, 0.1) is 11.8 Å². The summed E-state index contributed by atoms with van der Waals surface area (Å²) in [4.78, 5) is 0. The van der Waals surface area contributed by atoms with Gasteiger partial charge >= 0.3 is 0 Å². The van der Waals surface area contributed by atoms with Crippen molar-refractivity contribution >= 4 is 0 Å². The third-order valence-corrected chi connectivity index (χ3v) is 4.28. The molecule has 0 spiro atoms. The van der Waals surface area contributed by atoms with Crippen molar-refractivity contribution in [2.45, 2.75) is 45.6 Å². The molecule has 1 saturated carbocycles. The van der Waals surface area contributed by atoms with E-state index in [0.29, 0.717) is 6.04 Å². The van der Waals surface area contributed by atoms with E-state index in [-0.39, 0.29) is 0 Å². The van der Waals surface area contributed by atoms with E-state index < -0.39 is 0 Å². The molecule has 17 heavy (non-hydrogen) atoms. The predicted molar refractivity (Wildman–Crippen MR) is 74.0 cm³/mol. The van der Waals surface area contributed by atoms with Gasteiger partial charge < -0.3 is 5.32 Å². The highest BCUT2D eigenvalue weighted by Crippen LogP contribution is 2.31. The fourth-order valence-electron chi connectivity index (χ4n) is 3.00. The van der Waals surface area contributed by atoms with Gasteiger partial charge in [0.05, 0.1) is 0 Å². The Balaban J connectivity index is 1.88. The van der Waals surface area contributed by atoms with Gasteiger partial charge in [-0.15, -0.1) is 0 Å². The molecule has 0 heterocycles. The quantitative estimate of drug-likeness (QED) is 0.802. The molecule has 1 heteroatoms. The monoisotopic (exact) mass is 231 g/mol. The second-order valence-electron chi connectivity index (χ2n) is 5.45. The molecule has 1 fully saturated rings. The molecule has 0 aromatic heterocycles. The molecule has 94 valence electrons. The molecule has 1 N–H and O–H groups in total. The van der Waals surface area contributed by atoms with Crippen molar-refractivity contribution in [3.8, 4) is 0 Å². The van der Waals surface area contributed by atoms with Crippen LogP contribution in [-0.4, -0.2) is 6.54 Å². The van der Waals surface area contributed by atoms with E-state index in [1.165, 1.54) is 37.8 Å². The minimum absolute atomic E-state index is 0.531. The maximum absolute atomic E-state index is 3.76. The molecule has 1 nitrogen and oxygen atoms in total. The Hall–Kier alpha value is -0.820.